The monoisotopic (exact) mass is 920 g/mol. The zero-order valence-corrected chi connectivity index (χ0v) is 43.4. The molecule has 0 radical (unpaired) electrons. The lowest BCUT2D eigenvalue weighted by Crippen LogP contribution is -2.37. The first-order chi connectivity index (χ1) is 31.1. The normalized spacial score (nSPS) is 14.0. The van der Waals surface area contributed by atoms with Gasteiger partial charge in [0.1, 0.15) is 19.3 Å². The van der Waals surface area contributed by atoms with Gasteiger partial charge < -0.3 is 27.9 Å². The first-order valence-corrected chi connectivity index (χ1v) is 28.0. The molecule has 0 aromatic heterocycles. The van der Waals surface area contributed by atoms with Crippen LogP contribution in [-0.4, -0.2) is 70.7 Å². The topological polar surface area (TPSA) is 94.1 Å². The fraction of sp³-hybridized carbons (Fsp3) is 0.800. The number of likely N-dealkylation sites (N-methyl/N-ethyl adjacent to an activating group) is 1. The molecule has 0 aliphatic rings. The molecule has 0 aliphatic heterocycles. The van der Waals surface area contributed by atoms with Crippen molar-refractivity contribution < 1.29 is 37.3 Å². The molecule has 0 N–H and O–H groups in total. The maximum Gasteiger partial charge on any atom is 0.306 e. The van der Waals surface area contributed by atoms with Gasteiger partial charge >= 0.3 is 5.97 Å². The van der Waals surface area contributed by atoms with Crippen LogP contribution in [0.15, 0.2) is 60.8 Å². The number of phosphoric acid groups is 1. The minimum absolute atomic E-state index is 0.0233. The molecule has 8 nitrogen and oxygen atoms in total. The number of allylic oxidation sites excluding steroid dienone is 10. The van der Waals surface area contributed by atoms with Crippen LogP contribution in [0.4, 0.5) is 0 Å². The Labute approximate surface area is 396 Å². The number of carbonyl (C=O) groups excluding carboxylic acids is 1. The Kier molecular flexibility index (Phi) is 46.3. The first kappa shape index (κ1) is 62.2. The number of nitrogens with zero attached hydrogens (tertiary/aromatic N) is 1. The molecule has 0 aromatic carbocycles. The van der Waals surface area contributed by atoms with E-state index in [-0.39, 0.29) is 25.8 Å². The molecule has 0 heterocycles. The summed E-state index contributed by atoms with van der Waals surface area (Å²) >= 11 is 0. The predicted molar refractivity (Wildman–Crippen MR) is 273 cm³/mol. The Morgan fingerprint density at radius 2 is 0.906 bits per heavy atom. The van der Waals surface area contributed by atoms with E-state index in [1.54, 1.807) is 0 Å². The quantitative estimate of drug-likeness (QED) is 0.0197. The molecule has 0 amide bonds. The van der Waals surface area contributed by atoms with Crippen LogP contribution in [0.5, 0.6) is 0 Å². The van der Waals surface area contributed by atoms with Crippen LogP contribution in [0, 0.1) is 0 Å². The Morgan fingerprint density at radius 1 is 0.500 bits per heavy atom. The lowest BCUT2D eigenvalue weighted by atomic mass is 10.0. The maximum atomic E-state index is 12.8. The summed E-state index contributed by atoms with van der Waals surface area (Å²) in [5, 5.41) is 0. The summed E-state index contributed by atoms with van der Waals surface area (Å²) in [5.74, 6) is -0.338. The van der Waals surface area contributed by atoms with Crippen LogP contribution in [0.1, 0.15) is 226 Å². The number of hydrogen-bond donors (Lipinski definition) is 0. The van der Waals surface area contributed by atoms with Gasteiger partial charge in [-0.15, -0.1) is 0 Å². The summed E-state index contributed by atoms with van der Waals surface area (Å²) in [4.78, 5) is 25.2. The number of rotatable bonds is 49. The van der Waals surface area contributed by atoms with Gasteiger partial charge in [0.15, 0.2) is 0 Å². The first-order valence-electron chi connectivity index (χ1n) is 26.5. The summed E-state index contributed by atoms with van der Waals surface area (Å²) in [6.07, 6.45) is 61.0. The van der Waals surface area contributed by atoms with Crippen LogP contribution in [0.2, 0.25) is 0 Å². The molecule has 64 heavy (non-hydrogen) atoms. The van der Waals surface area contributed by atoms with Crippen LogP contribution in [-0.2, 0) is 27.9 Å². The van der Waals surface area contributed by atoms with E-state index in [9.17, 15) is 14.3 Å². The summed E-state index contributed by atoms with van der Waals surface area (Å²) in [7, 11) is 1.35. The van der Waals surface area contributed by atoms with Crippen LogP contribution < -0.4 is 4.89 Å². The number of unbranched alkanes of at least 4 members (excludes halogenated alkanes) is 25. The Balaban J connectivity index is 4.11. The van der Waals surface area contributed by atoms with Gasteiger partial charge in [-0.05, 0) is 77.0 Å². The smallest absolute Gasteiger partial charge is 0.306 e. The molecule has 0 aliphatic carbocycles. The number of carbonyl (C=O) groups is 1. The standard InChI is InChI=1S/C55H102NO7P/c1-6-8-10-12-14-16-18-20-22-24-25-26-27-28-29-30-31-32-34-36-38-40-42-44-46-48-55(57)63-54(53-62-64(58,59)61-51-49-56(3,4)5)52-60-50-47-45-43-41-39-37-35-33-23-21-19-17-15-13-11-9-7-2/h8,10,14,16,20,22-23,25-26,33,54H,6-7,9,11-13,15,17-19,21,24,27-32,34-53H2,1-5H3/b10-8-,16-14-,22-20-,26-25-,33-23-. The number of ether oxygens (including phenoxy) is 2. The van der Waals surface area contributed by atoms with Gasteiger partial charge in [0.25, 0.3) is 7.82 Å². The zero-order valence-electron chi connectivity index (χ0n) is 42.5. The molecule has 374 valence electrons. The molecular weight excluding hydrogens is 818 g/mol. The van der Waals surface area contributed by atoms with E-state index in [0.29, 0.717) is 24.1 Å². The average Bonchev–Trinajstić information content (AvgIpc) is 3.25. The SMILES string of the molecule is CC/C=C\C/C=C\C/C=C\C/C=C\CCCCCCCCCCCCCCC(=O)OC(COCCCCCCCC/C=C\CCCCCCCCC)COP(=O)([O-])OCC[N+](C)(C)C. The molecule has 0 saturated carbocycles. The number of esters is 1. The second kappa shape index (κ2) is 47.7. The molecule has 0 bridgehead atoms. The fourth-order valence-electron chi connectivity index (χ4n) is 7.24. The van der Waals surface area contributed by atoms with Crippen molar-refractivity contribution in [2.75, 3.05) is 54.1 Å². The fourth-order valence-corrected chi connectivity index (χ4v) is 7.97. The minimum Gasteiger partial charge on any atom is -0.756 e. The Hall–Kier alpha value is -1.80. The van der Waals surface area contributed by atoms with Crippen molar-refractivity contribution in [3.63, 3.8) is 0 Å². The van der Waals surface area contributed by atoms with Crippen molar-refractivity contribution >= 4 is 13.8 Å². The maximum absolute atomic E-state index is 12.8. The van der Waals surface area contributed by atoms with Gasteiger partial charge in [-0.2, -0.15) is 0 Å². The molecular formula is C55H102NO7P. The average molecular weight is 920 g/mol. The third-order valence-corrected chi connectivity index (χ3v) is 12.3. The molecule has 2 unspecified atom stereocenters. The Morgan fingerprint density at radius 3 is 1.38 bits per heavy atom. The predicted octanol–water partition coefficient (Wildman–Crippen LogP) is 15.8. The van der Waals surface area contributed by atoms with Crippen LogP contribution >= 0.6 is 7.82 Å². The summed E-state index contributed by atoms with van der Waals surface area (Å²) in [5.41, 5.74) is 0. The van der Waals surface area contributed by atoms with Crippen molar-refractivity contribution in [3.8, 4) is 0 Å². The second-order valence-corrected chi connectivity index (χ2v) is 20.3. The van der Waals surface area contributed by atoms with E-state index in [0.717, 1.165) is 57.8 Å². The van der Waals surface area contributed by atoms with Gasteiger partial charge in [0.05, 0.1) is 34.4 Å². The molecule has 0 aromatic rings. The highest BCUT2D eigenvalue weighted by atomic mass is 31.2. The second-order valence-electron chi connectivity index (χ2n) is 18.9. The third kappa shape index (κ3) is 51.2. The highest BCUT2D eigenvalue weighted by molar-refractivity contribution is 7.45. The minimum atomic E-state index is -4.53. The highest BCUT2D eigenvalue weighted by Gasteiger charge is 2.20. The number of phosphoric ester groups is 1. The van der Waals surface area contributed by atoms with Crippen molar-refractivity contribution in [2.45, 2.75) is 232 Å². The highest BCUT2D eigenvalue weighted by Crippen LogP contribution is 2.38. The molecule has 2 atom stereocenters. The summed E-state index contributed by atoms with van der Waals surface area (Å²) < 4.78 is 34.8. The van der Waals surface area contributed by atoms with Gasteiger partial charge in [0, 0.05) is 13.0 Å². The molecule has 0 spiro atoms. The van der Waals surface area contributed by atoms with Crippen molar-refractivity contribution in [1.29, 1.82) is 0 Å². The van der Waals surface area contributed by atoms with Gasteiger partial charge in [-0.3, -0.25) is 9.36 Å². The van der Waals surface area contributed by atoms with Gasteiger partial charge in [0.2, 0.25) is 0 Å². The zero-order chi connectivity index (χ0) is 46.9. The largest absolute Gasteiger partial charge is 0.756 e. The molecule has 0 rings (SSSR count). The van der Waals surface area contributed by atoms with Crippen molar-refractivity contribution in [3.05, 3.63) is 60.8 Å². The van der Waals surface area contributed by atoms with Crippen molar-refractivity contribution in [2.24, 2.45) is 0 Å². The van der Waals surface area contributed by atoms with Crippen molar-refractivity contribution in [1.82, 2.24) is 0 Å². The summed E-state index contributed by atoms with van der Waals surface area (Å²) in [6, 6.07) is 0. The lowest BCUT2D eigenvalue weighted by Gasteiger charge is -2.28. The molecule has 0 saturated heterocycles. The summed E-state index contributed by atoms with van der Waals surface area (Å²) in [6.45, 7) is 5.30. The van der Waals surface area contributed by atoms with E-state index in [2.05, 4.69) is 74.6 Å². The molecule has 9 heteroatoms. The lowest BCUT2D eigenvalue weighted by molar-refractivity contribution is -0.870. The number of hydrogen-bond acceptors (Lipinski definition) is 7. The molecule has 0 fully saturated rings. The van der Waals surface area contributed by atoms with Crippen LogP contribution in [0.3, 0.4) is 0 Å². The Bertz CT molecular complexity index is 1210. The van der Waals surface area contributed by atoms with E-state index < -0.39 is 13.9 Å². The number of quaternary nitrogens is 1. The van der Waals surface area contributed by atoms with Gasteiger partial charge in [-0.1, -0.05) is 203 Å². The van der Waals surface area contributed by atoms with Crippen LogP contribution in [0.25, 0.3) is 0 Å². The third-order valence-electron chi connectivity index (χ3n) is 11.3. The van der Waals surface area contributed by atoms with E-state index in [1.165, 1.54) is 148 Å². The van der Waals surface area contributed by atoms with E-state index >= 15 is 0 Å². The van der Waals surface area contributed by atoms with E-state index in [1.807, 2.05) is 21.1 Å². The van der Waals surface area contributed by atoms with E-state index in [4.69, 9.17) is 18.5 Å². The van der Waals surface area contributed by atoms with Gasteiger partial charge in [-0.25, -0.2) is 0 Å².